The number of pyridine rings is 1. The maximum absolute atomic E-state index is 13.4. The quantitative estimate of drug-likeness (QED) is 0.287. The Kier molecular flexibility index (Phi) is 5.78. The van der Waals surface area contributed by atoms with Crippen LogP contribution in [0.1, 0.15) is 22.6 Å². The molecule has 1 aliphatic rings. The second-order valence-corrected chi connectivity index (χ2v) is 9.97. The molecule has 0 spiro atoms. The summed E-state index contributed by atoms with van der Waals surface area (Å²) in [5.41, 5.74) is 8.94. The summed E-state index contributed by atoms with van der Waals surface area (Å²) in [6, 6.07) is 24.9. The van der Waals surface area contributed by atoms with Crippen molar-refractivity contribution in [2.45, 2.75) is 22.8 Å². The van der Waals surface area contributed by atoms with Gasteiger partial charge in [0, 0.05) is 10.3 Å². The number of aryl methyl sites for hydroxylation is 1. The third kappa shape index (κ3) is 3.94. The fraction of sp³-hybridized carbons (Fsp3) is 0.100. The zero-order valence-corrected chi connectivity index (χ0v) is 21.3. The third-order valence-electron chi connectivity index (χ3n) is 6.54. The molecular weight excluding hydrogens is 498 g/mol. The number of methoxy groups -OCH3 is 1. The average Bonchev–Trinajstić information content (AvgIpc) is 2.93. The third-order valence-corrected chi connectivity index (χ3v) is 7.56. The van der Waals surface area contributed by atoms with Crippen molar-refractivity contribution in [3.63, 3.8) is 0 Å². The van der Waals surface area contributed by atoms with Crippen molar-refractivity contribution < 1.29 is 13.9 Å². The lowest BCUT2D eigenvalue weighted by molar-refractivity contribution is 0.387. The predicted molar refractivity (Wildman–Crippen MR) is 145 cm³/mol. The topological polar surface area (TPSA) is 111 Å². The van der Waals surface area contributed by atoms with Crippen molar-refractivity contribution in [3.05, 3.63) is 111 Å². The summed E-state index contributed by atoms with van der Waals surface area (Å²) in [4.78, 5) is 19.4. The van der Waals surface area contributed by atoms with Crippen LogP contribution >= 0.6 is 11.8 Å². The Labute approximate surface area is 222 Å². The Morgan fingerprint density at radius 3 is 2.63 bits per heavy atom. The number of hydrogen-bond acceptors (Lipinski definition) is 8. The molecule has 0 amide bonds. The van der Waals surface area contributed by atoms with Crippen molar-refractivity contribution in [1.82, 2.24) is 4.98 Å². The highest BCUT2D eigenvalue weighted by molar-refractivity contribution is 7.99. The second kappa shape index (κ2) is 9.29. The SMILES string of the molecule is COc1ccc2nc(Sc3ccc(C)cc3)c(C3C(C#N)=C(N)Oc4c3c(=O)oc3ccccc43)cc2c1. The number of fused-ring (bicyclic) bond motifs is 4. The van der Waals surface area contributed by atoms with Gasteiger partial charge in [-0.05, 0) is 61.0 Å². The van der Waals surface area contributed by atoms with Crippen molar-refractivity contribution >= 4 is 33.6 Å². The van der Waals surface area contributed by atoms with Gasteiger partial charge >= 0.3 is 5.63 Å². The van der Waals surface area contributed by atoms with Crippen LogP contribution < -0.4 is 20.8 Å². The van der Waals surface area contributed by atoms with Gasteiger partial charge < -0.3 is 19.6 Å². The summed E-state index contributed by atoms with van der Waals surface area (Å²) in [7, 11) is 1.60. The molecule has 0 bridgehead atoms. The van der Waals surface area contributed by atoms with Crippen LogP contribution in [-0.2, 0) is 0 Å². The van der Waals surface area contributed by atoms with Gasteiger partial charge in [0.2, 0.25) is 5.88 Å². The fourth-order valence-electron chi connectivity index (χ4n) is 4.66. The normalized spacial score (nSPS) is 14.7. The number of nitrogens with two attached hydrogens (primary N) is 1. The molecule has 7 nitrogen and oxygen atoms in total. The minimum atomic E-state index is -0.847. The van der Waals surface area contributed by atoms with E-state index >= 15 is 0 Å². The van der Waals surface area contributed by atoms with Crippen molar-refractivity contribution in [2.24, 2.45) is 5.73 Å². The van der Waals surface area contributed by atoms with Crippen LogP contribution in [0, 0.1) is 18.3 Å². The molecule has 8 heteroatoms. The number of aromatic nitrogens is 1. The van der Waals surface area contributed by atoms with Crippen LogP contribution in [0.25, 0.3) is 21.9 Å². The van der Waals surface area contributed by atoms with Gasteiger partial charge in [0.1, 0.15) is 28.0 Å². The summed E-state index contributed by atoms with van der Waals surface area (Å²) < 4.78 is 17.0. The first-order chi connectivity index (χ1) is 18.5. The van der Waals surface area contributed by atoms with Crippen LogP contribution in [-0.4, -0.2) is 12.1 Å². The highest BCUT2D eigenvalue weighted by Crippen LogP contribution is 2.47. The van der Waals surface area contributed by atoms with Crippen LogP contribution in [0.2, 0.25) is 0 Å². The number of nitrogens with zero attached hydrogens (tertiary/aromatic N) is 2. The first-order valence-corrected chi connectivity index (χ1v) is 12.6. The van der Waals surface area contributed by atoms with Crippen molar-refractivity contribution in [2.75, 3.05) is 7.11 Å². The average molecular weight is 520 g/mol. The zero-order chi connectivity index (χ0) is 26.4. The molecule has 5 aromatic rings. The molecule has 2 N–H and O–H groups in total. The van der Waals surface area contributed by atoms with E-state index in [1.54, 1.807) is 25.3 Å². The Morgan fingerprint density at radius 2 is 1.87 bits per heavy atom. The van der Waals surface area contributed by atoms with Gasteiger partial charge in [0.25, 0.3) is 0 Å². The van der Waals surface area contributed by atoms with Gasteiger partial charge in [-0.2, -0.15) is 5.26 Å². The fourth-order valence-corrected chi connectivity index (χ4v) is 5.60. The molecule has 1 atom stereocenters. The molecular formula is C30H21N3O4S. The molecule has 1 unspecified atom stereocenters. The van der Waals surface area contributed by atoms with Crippen LogP contribution in [0.5, 0.6) is 11.5 Å². The van der Waals surface area contributed by atoms with Gasteiger partial charge in [-0.1, -0.05) is 41.6 Å². The Morgan fingerprint density at radius 1 is 1.08 bits per heavy atom. The number of allylic oxidation sites excluding steroid dienone is 1. The predicted octanol–water partition coefficient (Wildman–Crippen LogP) is 6.03. The summed E-state index contributed by atoms with van der Waals surface area (Å²) in [6.45, 7) is 2.02. The number of benzene rings is 3. The molecule has 2 aromatic heterocycles. The zero-order valence-electron chi connectivity index (χ0n) is 20.5. The van der Waals surface area contributed by atoms with E-state index in [0.717, 1.165) is 21.4 Å². The van der Waals surface area contributed by atoms with Gasteiger partial charge in [0.05, 0.1) is 29.5 Å². The highest BCUT2D eigenvalue weighted by Gasteiger charge is 2.37. The lowest BCUT2D eigenvalue weighted by Crippen LogP contribution is -2.26. The smallest absolute Gasteiger partial charge is 0.344 e. The largest absolute Gasteiger partial charge is 0.497 e. The molecule has 0 aliphatic carbocycles. The number of rotatable bonds is 4. The van der Waals surface area contributed by atoms with E-state index in [9.17, 15) is 10.1 Å². The number of ether oxygens (including phenoxy) is 2. The van der Waals surface area contributed by atoms with Crippen molar-refractivity contribution in [1.29, 1.82) is 5.26 Å². The molecule has 0 radical (unpaired) electrons. The minimum absolute atomic E-state index is 0.0576. The first-order valence-electron chi connectivity index (χ1n) is 11.8. The van der Waals surface area contributed by atoms with Crippen LogP contribution in [0.4, 0.5) is 0 Å². The van der Waals surface area contributed by atoms with Gasteiger partial charge in [-0.25, -0.2) is 9.78 Å². The Hall–Kier alpha value is -4.74. The van der Waals surface area contributed by atoms with E-state index in [0.29, 0.717) is 27.3 Å². The van der Waals surface area contributed by atoms with E-state index in [2.05, 4.69) is 6.07 Å². The Bertz CT molecular complexity index is 1870. The number of para-hydroxylation sites is 1. The maximum Gasteiger partial charge on any atom is 0.344 e. The monoisotopic (exact) mass is 519 g/mol. The van der Waals surface area contributed by atoms with E-state index < -0.39 is 11.5 Å². The summed E-state index contributed by atoms with van der Waals surface area (Å²) in [6.07, 6.45) is 0. The second-order valence-electron chi connectivity index (χ2n) is 8.91. The number of nitriles is 1. The van der Waals surface area contributed by atoms with Gasteiger partial charge in [-0.15, -0.1) is 0 Å². The molecule has 3 heterocycles. The van der Waals surface area contributed by atoms with E-state index in [1.807, 2.05) is 61.5 Å². The van der Waals surface area contributed by atoms with Gasteiger partial charge in [0.15, 0.2) is 5.75 Å². The molecule has 186 valence electrons. The van der Waals surface area contributed by atoms with Crippen molar-refractivity contribution in [3.8, 4) is 17.6 Å². The summed E-state index contributed by atoms with van der Waals surface area (Å²) in [5.74, 6) is 0.0476. The standard InChI is InChI=1S/C30H21N3O4S/c1-16-7-10-19(11-8-16)38-29-21(14-17-13-18(35-2)9-12-23(17)33-29)25-22(15-31)28(32)37-27-20-5-3-4-6-24(20)36-30(34)26(25)27/h3-14,25H,32H2,1-2H3. The number of hydrogen-bond donors (Lipinski definition) is 1. The molecule has 0 fully saturated rings. The Balaban J connectivity index is 1.66. The summed E-state index contributed by atoms with van der Waals surface area (Å²) in [5, 5.41) is 12.2. The van der Waals surface area contributed by atoms with E-state index in [-0.39, 0.29) is 22.8 Å². The molecule has 3 aromatic carbocycles. The summed E-state index contributed by atoms with van der Waals surface area (Å²) >= 11 is 1.45. The molecule has 0 saturated heterocycles. The minimum Gasteiger partial charge on any atom is -0.497 e. The molecule has 6 rings (SSSR count). The van der Waals surface area contributed by atoms with E-state index in [4.69, 9.17) is 24.6 Å². The van der Waals surface area contributed by atoms with Crippen LogP contribution in [0.3, 0.4) is 0 Å². The highest BCUT2D eigenvalue weighted by atomic mass is 32.2. The lowest BCUT2D eigenvalue weighted by Gasteiger charge is -2.27. The lowest BCUT2D eigenvalue weighted by atomic mass is 9.84. The maximum atomic E-state index is 13.4. The van der Waals surface area contributed by atoms with E-state index in [1.165, 1.54) is 11.8 Å². The van der Waals surface area contributed by atoms with Gasteiger partial charge in [-0.3, -0.25) is 0 Å². The molecule has 38 heavy (non-hydrogen) atoms. The first kappa shape index (κ1) is 23.6. The molecule has 0 saturated carbocycles. The van der Waals surface area contributed by atoms with Crippen LogP contribution in [0.15, 0.2) is 103 Å². The molecule has 1 aliphatic heterocycles.